The minimum atomic E-state index is -3.54. The van der Waals surface area contributed by atoms with Gasteiger partial charge in [-0.2, -0.15) is 0 Å². The predicted molar refractivity (Wildman–Crippen MR) is 104 cm³/mol. The van der Waals surface area contributed by atoms with Crippen molar-refractivity contribution >= 4 is 27.4 Å². The summed E-state index contributed by atoms with van der Waals surface area (Å²) < 4.78 is 28.8. The van der Waals surface area contributed by atoms with Crippen LogP contribution in [0.15, 0.2) is 23.1 Å². The normalized spacial score (nSPS) is 18.6. The highest BCUT2D eigenvalue weighted by molar-refractivity contribution is 7.90. The average molecular weight is 397 g/mol. The number of piperidine rings is 1. The number of hydrogen-bond donors (Lipinski definition) is 2. The van der Waals surface area contributed by atoms with Gasteiger partial charge in [-0.25, -0.2) is 13.2 Å². The van der Waals surface area contributed by atoms with Gasteiger partial charge >= 0.3 is 5.97 Å². The molecule has 7 nitrogen and oxygen atoms in total. The van der Waals surface area contributed by atoms with Crippen LogP contribution in [0.3, 0.4) is 0 Å². The topological polar surface area (TPSA) is 102 Å². The summed E-state index contributed by atoms with van der Waals surface area (Å²) in [5.74, 6) is -0.170. The summed E-state index contributed by atoms with van der Waals surface area (Å²) in [6, 6.07) is 4.07. The maximum atomic E-state index is 12.4. The fraction of sp³-hybridized carbons (Fsp3) is 0.579. The minimum absolute atomic E-state index is 0.0344. The fourth-order valence-corrected chi connectivity index (χ4v) is 3.94. The molecule has 1 fully saturated rings. The summed E-state index contributed by atoms with van der Waals surface area (Å²) in [5, 5.41) is 6.08. The quantitative estimate of drug-likeness (QED) is 0.686. The van der Waals surface area contributed by atoms with Gasteiger partial charge in [0.2, 0.25) is 5.91 Å². The molecule has 27 heavy (non-hydrogen) atoms. The molecule has 1 aromatic rings. The van der Waals surface area contributed by atoms with E-state index >= 15 is 0 Å². The number of hydrogen-bond acceptors (Lipinski definition) is 6. The zero-order chi connectivity index (χ0) is 20.0. The molecule has 1 amide bonds. The molecule has 8 heteroatoms. The molecule has 0 aromatic heterocycles. The Morgan fingerprint density at radius 1 is 1.33 bits per heavy atom. The molecule has 1 aliphatic rings. The van der Waals surface area contributed by atoms with Gasteiger partial charge in [0.05, 0.1) is 17.1 Å². The lowest BCUT2D eigenvalue weighted by molar-refractivity contribution is -0.117. The lowest BCUT2D eigenvalue weighted by Gasteiger charge is -2.28. The largest absolute Gasteiger partial charge is 0.462 e. The number of carbonyl (C=O) groups is 2. The molecule has 1 heterocycles. The lowest BCUT2D eigenvalue weighted by atomic mass is 9.85. The Kier molecular flexibility index (Phi) is 7.38. The summed E-state index contributed by atoms with van der Waals surface area (Å²) >= 11 is 0. The molecular weight excluding hydrogens is 368 g/mol. The first-order valence-electron chi connectivity index (χ1n) is 9.23. The van der Waals surface area contributed by atoms with Crippen LogP contribution in [-0.4, -0.2) is 46.2 Å². The lowest BCUT2D eigenvalue weighted by Crippen LogP contribution is -2.34. The monoisotopic (exact) mass is 396 g/mol. The predicted octanol–water partition coefficient (Wildman–Crippen LogP) is 2.23. The van der Waals surface area contributed by atoms with E-state index in [1.807, 2.05) is 6.92 Å². The van der Waals surface area contributed by atoms with E-state index in [1.165, 1.54) is 18.2 Å². The Morgan fingerprint density at radius 3 is 2.67 bits per heavy atom. The number of rotatable bonds is 7. The molecular formula is C19H28N2O5S. The summed E-state index contributed by atoms with van der Waals surface area (Å²) in [7, 11) is -3.54. The van der Waals surface area contributed by atoms with E-state index in [-0.39, 0.29) is 34.6 Å². The van der Waals surface area contributed by atoms with E-state index in [1.54, 1.807) is 6.92 Å². The summed E-state index contributed by atoms with van der Waals surface area (Å²) in [6.45, 7) is 5.82. The van der Waals surface area contributed by atoms with Gasteiger partial charge in [0.15, 0.2) is 9.84 Å². The number of esters is 1. The van der Waals surface area contributed by atoms with Gasteiger partial charge in [-0.3, -0.25) is 4.79 Å². The Bertz CT molecular complexity index is 785. The number of benzene rings is 1. The van der Waals surface area contributed by atoms with Gasteiger partial charge in [0, 0.05) is 18.4 Å². The SMILES string of the molecule is CCOC(=O)c1cc(NC(=O)CC(C)C2CCCNC2)cc(S(C)(=O)=O)c1. The molecule has 0 spiro atoms. The molecule has 1 aliphatic heterocycles. The standard InChI is InChI=1S/C19H28N2O5S/c1-4-26-19(23)15-9-16(11-17(10-15)27(3,24)25)21-18(22)8-13(2)14-6-5-7-20-12-14/h9-11,13-14,20H,4-8,12H2,1-3H3,(H,21,22). The van der Waals surface area contributed by atoms with Crippen molar-refractivity contribution < 1.29 is 22.7 Å². The van der Waals surface area contributed by atoms with Crippen LogP contribution in [0, 0.1) is 11.8 Å². The number of nitrogens with one attached hydrogen (secondary N) is 2. The highest BCUT2D eigenvalue weighted by atomic mass is 32.2. The number of ether oxygens (including phenoxy) is 1. The minimum Gasteiger partial charge on any atom is -0.462 e. The van der Waals surface area contributed by atoms with E-state index < -0.39 is 15.8 Å². The van der Waals surface area contributed by atoms with Crippen molar-refractivity contribution in [3.05, 3.63) is 23.8 Å². The molecule has 2 atom stereocenters. The van der Waals surface area contributed by atoms with Gasteiger partial charge in [-0.05, 0) is 62.9 Å². The van der Waals surface area contributed by atoms with E-state index in [9.17, 15) is 18.0 Å². The average Bonchev–Trinajstić information content (AvgIpc) is 2.61. The second kappa shape index (κ2) is 9.32. The third-order valence-corrected chi connectivity index (χ3v) is 5.87. The van der Waals surface area contributed by atoms with Crippen molar-refractivity contribution in [2.24, 2.45) is 11.8 Å². The van der Waals surface area contributed by atoms with Crippen molar-refractivity contribution in [3.8, 4) is 0 Å². The molecule has 1 aromatic carbocycles. The van der Waals surface area contributed by atoms with Crippen molar-refractivity contribution in [3.63, 3.8) is 0 Å². The van der Waals surface area contributed by atoms with Crippen LogP contribution in [0.2, 0.25) is 0 Å². The van der Waals surface area contributed by atoms with Gasteiger partial charge in [0.1, 0.15) is 0 Å². The molecule has 150 valence electrons. The van der Waals surface area contributed by atoms with Crippen LogP contribution in [0.4, 0.5) is 5.69 Å². The third kappa shape index (κ3) is 6.32. The summed E-state index contributed by atoms with van der Waals surface area (Å²) in [6.07, 6.45) is 3.60. The zero-order valence-corrected chi connectivity index (χ0v) is 16.9. The Morgan fingerprint density at radius 2 is 2.07 bits per heavy atom. The van der Waals surface area contributed by atoms with Crippen LogP contribution < -0.4 is 10.6 Å². The third-order valence-electron chi connectivity index (χ3n) is 4.78. The second-order valence-electron chi connectivity index (χ2n) is 7.07. The van der Waals surface area contributed by atoms with Crippen molar-refractivity contribution in [1.82, 2.24) is 5.32 Å². The molecule has 0 aliphatic carbocycles. The highest BCUT2D eigenvalue weighted by Gasteiger charge is 2.22. The van der Waals surface area contributed by atoms with E-state index in [0.29, 0.717) is 12.3 Å². The summed E-state index contributed by atoms with van der Waals surface area (Å²) in [4.78, 5) is 24.4. The molecule has 1 saturated heterocycles. The maximum Gasteiger partial charge on any atom is 0.338 e. The van der Waals surface area contributed by atoms with Crippen molar-refractivity contribution in [2.45, 2.75) is 38.0 Å². The van der Waals surface area contributed by atoms with Gasteiger partial charge in [-0.15, -0.1) is 0 Å². The van der Waals surface area contributed by atoms with Crippen molar-refractivity contribution in [2.75, 3.05) is 31.3 Å². The van der Waals surface area contributed by atoms with E-state index in [4.69, 9.17) is 4.74 Å². The van der Waals surface area contributed by atoms with Crippen LogP contribution >= 0.6 is 0 Å². The van der Waals surface area contributed by atoms with Crippen LogP contribution in [0.5, 0.6) is 0 Å². The molecule has 2 N–H and O–H groups in total. The Balaban J connectivity index is 2.14. The maximum absolute atomic E-state index is 12.4. The first-order valence-corrected chi connectivity index (χ1v) is 11.1. The first kappa shape index (κ1) is 21.4. The Labute approximate surface area is 160 Å². The number of carbonyl (C=O) groups excluding carboxylic acids is 2. The molecule has 0 bridgehead atoms. The Hall–Kier alpha value is -1.93. The van der Waals surface area contributed by atoms with Crippen LogP contribution in [0.25, 0.3) is 0 Å². The summed E-state index contributed by atoms with van der Waals surface area (Å²) in [5.41, 5.74) is 0.375. The smallest absolute Gasteiger partial charge is 0.338 e. The fourth-order valence-electron chi connectivity index (χ4n) is 3.25. The van der Waals surface area contributed by atoms with E-state index in [2.05, 4.69) is 10.6 Å². The molecule has 2 rings (SSSR count). The second-order valence-corrected chi connectivity index (χ2v) is 9.09. The highest BCUT2D eigenvalue weighted by Crippen LogP contribution is 2.24. The number of anilines is 1. The number of amides is 1. The molecule has 2 unspecified atom stereocenters. The van der Waals surface area contributed by atoms with Gasteiger partial charge < -0.3 is 15.4 Å². The number of sulfone groups is 1. The zero-order valence-electron chi connectivity index (χ0n) is 16.1. The molecule has 0 radical (unpaired) electrons. The van der Waals surface area contributed by atoms with Gasteiger partial charge in [-0.1, -0.05) is 6.92 Å². The van der Waals surface area contributed by atoms with Crippen LogP contribution in [0.1, 0.15) is 43.5 Å². The van der Waals surface area contributed by atoms with E-state index in [0.717, 1.165) is 32.2 Å². The molecule has 0 saturated carbocycles. The first-order chi connectivity index (χ1) is 12.7. The van der Waals surface area contributed by atoms with Crippen molar-refractivity contribution in [1.29, 1.82) is 0 Å². The van der Waals surface area contributed by atoms with Gasteiger partial charge in [0.25, 0.3) is 0 Å². The van der Waals surface area contributed by atoms with Crippen LogP contribution in [-0.2, 0) is 19.4 Å².